The van der Waals surface area contributed by atoms with E-state index in [1.807, 2.05) is 44.2 Å². The van der Waals surface area contributed by atoms with Crippen LogP contribution < -0.4 is 10.6 Å². The van der Waals surface area contributed by atoms with Crippen LogP contribution in [0.25, 0.3) is 0 Å². The number of nitrogens with zero attached hydrogens (tertiary/aromatic N) is 3. The maximum Gasteiger partial charge on any atom is 0.410 e. The van der Waals surface area contributed by atoms with E-state index in [1.54, 1.807) is 32.6 Å². The normalized spacial score (nSPS) is 19.9. The fourth-order valence-corrected chi connectivity index (χ4v) is 6.12. The lowest BCUT2D eigenvalue weighted by Gasteiger charge is -2.43. The van der Waals surface area contributed by atoms with Crippen molar-refractivity contribution in [3.8, 4) is 0 Å². The van der Waals surface area contributed by atoms with Crippen LogP contribution in [0.4, 0.5) is 4.79 Å². The Hall–Kier alpha value is -3.92. The van der Waals surface area contributed by atoms with Gasteiger partial charge < -0.3 is 20.3 Å². The SMILES string of the molecule is CC(C)[C@H](NC(=O)[C@H](C)N(C)C(=O)OC(C)(C)C)C(=O)N1CCN(Cc2ccccc2)C[C@H]1C(=O)N[C@@H]1CCCc2ccccc21. The number of aryl methyl sites for hydroxylation is 1. The van der Waals surface area contributed by atoms with Crippen LogP contribution in [0.1, 0.15) is 77.1 Å². The van der Waals surface area contributed by atoms with Crippen molar-refractivity contribution in [1.82, 2.24) is 25.3 Å². The van der Waals surface area contributed by atoms with E-state index in [-0.39, 0.29) is 23.8 Å². The maximum absolute atomic E-state index is 14.3. The number of hydrogen-bond acceptors (Lipinski definition) is 6. The van der Waals surface area contributed by atoms with Gasteiger partial charge in [0.2, 0.25) is 17.7 Å². The highest BCUT2D eigenvalue weighted by Crippen LogP contribution is 2.30. The Balaban J connectivity index is 1.53. The molecular weight excluding hydrogens is 582 g/mol. The lowest BCUT2D eigenvalue weighted by molar-refractivity contribution is -0.148. The summed E-state index contributed by atoms with van der Waals surface area (Å²) in [5, 5.41) is 6.17. The first kappa shape index (κ1) is 34.9. The summed E-state index contributed by atoms with van der Waals surface area (Å²) in [6.45, 7) is 12.6. The minimum absolute atomic E-state index is 0.122. The molecule has 10 nitrogen and oxygen atoms in total. The minimum Gasteiger partial charge on any atom is -0.444 e. The fourth-order valence-electron chi connectivity index (χ4n) is 6.12. The Morgan fingerprint density at radius 2 is 1.65 bits per heavy atom. The summed E-state index contributed by atoms with van der Waals surface area (Å²) in [5.41, 5.74) is 2.80. The van der Waals surface area contributed by atoms with Crippen molar-refractivity contribution in [2.45, 2.75) is 97.1 Å². The Labute approximate surface area is 273 Å². The van der Waals surface area contributed by atoms with E-state index in [4.69, 9.17) is 4.74 Å². The lowest BCUT2D eigenvalue weighted by atomic mass is 9.87. The van der Waals surface area contributed by atoms with E-state index in [9.17, 15) is 19.2 Å². The van der Waals surface area contributed by atoms with E-state index in [1.165, 1.54) is 17.5 Å². The predicted octanol–water partition coefficient (Wildman–Crippen LogP) is 4.29. The zero-order valence-electron chi connectivity index (χ0n) is 28.4. The van der Waals surface area contributed by atoms with Crippen LogP contribution in [-0.2, 0) is 32.1 Å². The lowest BCUT2D eigenvalue weighted by Crippen LogP contribution is -2.65. The second kappa shape index (κ2) is 15.1. The maximum atomic E-state index is 14.3. The quantitative estimate of drug-likeness (QED) is 0.427. The van der Waals surface area contributed by atoms with Gasteiger partial charge in [-0.1, -0.05) is 68.4 Å². The molecule has 1 heterocycles. The summed E-state index contributed by atoms with van der Waals surface area (Å²) >= 11 is 0. The van der Waals surface area contributed by atoms with Crippen molar-refractivity contribution in [2.24, 2.45) is 5.92 Å². The molecule has 1 fully saturated rings. The van der Waals surface area contributed by atoms with E-state index < -0.39 is 35.7 Å². The van der Waals surface area contributed by atoms with Gasteiger partial charge in [-0.05, 0) is 69.6 Å². The summed E-state index contributed by atoms with van der Waals surface area (Å²) in [6.07, 6.45) is 2.18. The topological polar surface area (TPSA) is 111 Å². The van der Waals surface area contributed by atoms with Gasteiger partial charge in [0.05, 0.1) is 6.04 Å². The van der Waals surface area contributed by atoms with Gasteiger partial charge in [-0.3, -0.25) is 24.2 Å². The van der Waals surface area contributed by atoms with Crippen LogP contribution in [0.3, 0.4) is 0 Å². The van der Waals surface area contributed by atoms with E-state index >= 15 is 0 Å². The number of nitrogens with one attached hydrogen (secondary N) is 2. The van der Waals surface area contributed by atoms with Gasteiger partial charge >= 0.3 is 6.09 Å². The van der Waals surface area contributed by atoms with Crippen LogP contribution in [0.15, 0.2) is 54.6 Å². The Morgan fingerprint density at radius 1 is 0.978 bits per heavy atom. The zero-order chi connectivity index (χ0) is 33.6. The molecule has 250 valence electrons. The first-order chi connectivity index (χ1) is 21.7. The minimum atomic E-state index is -0.881. The predicted molar refractivity (Wildman–Crippen MR) is 178 cm³/mol. The molecule has 4 amide bonds. The zero-order valence-corrected chi connectivity index (χ0v) is 28.4. The summed E-state index contributed by atoms with van der Waals surface area (Å²) in [7, 11) is 1.50. The van der Waals surface area contributed by atoms with Gasteiger partial charge in [0.1, 0.15) is 23.7 Å². The average molecular weight is 634 g/mol. The van der Waals surface area contributed by atoms with Crippen LogP contribution in [-0.4, -0.2) is 88.9 Å². The number of fused-ring (bicyclic) bond motifs is 1. The van der Waals surface area contributed by atoms with Crippen molar-refractivity contribution in [1.29, 1.82) is 0 Å². The van der Waals surface area contributed by atoms with Gasteiger partial charge in [0, 0.05) is 33.2 Å². The number of rotatable bonds is 9. The third-order valence-electron chi connectivity index (χ3n) is 8.86. The van der Waals surface area contributed by atoms with Crippen molar-refractivity contribution < 1.29 is 23.9 Å². The molecule has 0 radical (unpaired) electrons. The van der Waals surface area contributed by atoms with Crippen LogP contribution in [0.2, 0.25) is 0 Å². The van der Waals surface area contributed by atoms with Crippen molar-refractivity contribution in [3.63, 3.8) is 0 Å². The molecule has 10 heteroatoms. The molecule has 46 heavy (non-hydrogen) atoms. The Kier molecular flexibility index (Phi) is 11.5. The van der Waals surface area contributed by atoms with E-state index in [0.29, 0.717) is 26.2 Å². The van der Waals surface area contributed by atoms with E-state index in [2.05, 4.69) is 39.8 Å². The first-order valence-corrected chi connectivity index (χ1v) is 16.5. The molecule has 2 aliphatic rings. The van der Waals surface area contributed by atoms with Crippen molar-refractivity contribution in [3.05, 3.63) is 71.3 Å². The largest absolute Gasteiger partial charge is 0.444 e. The molecule has 2 aromatic rings. The fraction of sp³-hybridized carbons (Fsp3) is 0.556. The van der Waals surface area contributed by atoms with Gasteiger partial charge in [-0.2, -0.15) is 0 Å². The molecule has 1 saturated heterocycles. The molecule has 0 spiro atoms. The number of ether oxygens (including phenoxy) is 1. The molecule has 0 saturated carbocycles. The highest BCUT2D eigenvalue weighted by atomic mass is 16.6. The molecule has 2 aromatic carbocycles. The van der Waals surface area contributed by atoms with Gasteiger partial charge in [0.25, 0.3) is 0 Å². The van der Waals surface area contributed by atoms with Gasteiger partial charge in [-0.25, -0.2) is 4.79 Å². The Morgan fingerprint density at radius 3 is 2.33 bits per heavy atom. The molecule has 2 N–H and O–H groups in total. The van der Waals surface area contributed by atoms with Gasteiger partial charge in [0.15, 0.2) is 0 Å². The number of carbonyl (C=O) groups is 4. The number of hydrogen-bond donors (Lipinski definition) is 2. The summed E-state index contributed by atoms with van der Waals surface area (Å²) < 4.78 is 5.43. The number of likely N-dealkylation sites (N-methyl/N-ethyl adjacent to an activating group) is 1. The standard InChI is InChI=1S/C36H51N5O5/c1-24(2)31(38-32(42)25(3)39(7)35(45)46-36(4,5)6)34(44)41-21-20-40(22-26-14-9-8-10-15-26)23-30(41)33(43)37-29-19-13-17-27-16-11-12-18-28(27)29/h8-12,14-16,18,24-25,29-31H,13,17,19-23H2,1-7H3,(H,37,43)(H,38,42)/t25-,29+,30-,31-/m0/s1. The van der Waals surface area contributed by atoms with Crippen molar-refractivity contribution >= 4 is 23.8 Å². The second-order valence-corrected chi connectivity index (χ2v) is 13.9. The molecule has 4 atom stereocenters. The second-order valence-electron chi connectivity index (χ2n) is 13.9. The average Bonchev–Trinajstić information content (AvgIpc) is 3.02. The third-order valence-corrected chi connectivity index (χ3v) is 8.86. The molecule has 0 bridgehead atoms. The van der Waals surface area contributed by atoms with E-state index in [0.717, 1.165) is 30.4 Å². The molecular formula is C36H51N5O5. The summed E-state index contributed by atoms with van der Waals surface area (Å²) in [6, 6.07) is 15.7. The van der Waals surface area contributed by atoms with Crippen LogP contribution in [0.5, 0.6) is 0 Å². The summed E-state index contributed by atoms with van der Waals surface area (Å²) in [5.74, 6) is -1.23. The highest BCUT2D eigenvalue weighted by molar-refractivity contribution is 5.94. The molecule has 4 rings (SSSR count). The first-order valence-electron chi connectivity index (χ1n) is 16.5. The smallest absolute Gasteiger partial charge is 0.410 e. The molecule has 1 aliphatic carbocycles. The number of amides is 4. The van der Waals surface area contributed by atoms with Crippen molar-refractivity contribution in [2.75, 3.05) is 26.7 Å². The number of piperazine rings is 1. The molecule has 0 unspecified atom stereocenters. The number of benzene rings is 2. The van der Waals surface area contributed by atoms with Crippen LogP contribution in [0, 0.1) is 5.92 Å². The van der Waals surface area contributed by atoms with Gasteiger partial charge in [-0.15, -0.1) is 0 Å². The summed E-state index contributed by atoms with van der Waals surface area (Å²) in [4.78, 5) is 59.5. The molecule has 0 aromatic heterocycles. The third kappa shape index (κ3) is 8.87. The molecule has 1 aliphatic heterocycles. The van der Waals surface area contributed by atoms with Crippen LogP contribution >= 0.6 is 0 Å². The highest BCUT2D eigenvalue weighted by Gasteiger charge is 2.41. The number of carbonyl (C=O) groups excluding carboxylic acids is 4. The Bertz CT molecular complexity index is 1370. The monoisotopic (exact) mass is 633 g/mol.